The lowest BCUT2D eigenvalue weighted by Gasteiger charge is -2.07. The van der Waals surface area contributed by atoms with E-state index in [1.54, 1.807) is 18.3 Å². The van der Waals surface area contributed by atoms with Crippen LogP contribution in [0.1, 0.15) is 0 Å². The lowest BCUT2D eigenvalue weighted by Crippen LogP contribution is -2.19. The molecular weight excluding hydrogens is 350 g/mol. The minimum Gasteiger partial charge on any atom is -0.396 e. The van der Waals surface area contributed by atoms with Crippen LogP contribution in [-0.4, -0.2) is 15.7 Å². The Bertz CT molecular complexity index is 584. The molecule has 1 aromatic heterocycles. The van der Waals surface area contributed by atoms with E-state index < -0.39 is 0 Å². The summed E-state index contributed by atoms with van der Waals surface area (Å²) in [7, 11) is 0. The fraction of sp³-hybridized carbons (Fsp3) is 0.0909. The number of rotatable bonds is 3. The van der Waals surface area contributed by atoms with Gasteiger partial charge in [0, 0.05) is 6.20 Å². The number of aromatic nitrogens is 2. The predicted molar refractivity (Wildman–Crippen MR) is 74.4 cm³/mol. The van der Waals surface area contributed by atoms with Gasteiger partial charge in [0.05, 0.1) is 21.1 Å². The van der Waals surface area contributed by atoms with Gasteiger partial charge in [-0.3, -0.25) is 9.48 Å². The van der Waals surface area contributed by atoms with Gasteiger partial charge in [-0.2, -0.15) is 5.10 Å². The molecule has 0 aliphatic carbocycles. The van der Waals surface area contributed by atoms with Crippen molar-refractivity contribution >= 4 is 39.9 Å². The van der Waals surface area contributed by atoms with Crippen LogP contribution in [0, 0.1) is 9.39 Å². The van der Waals surface area contributed by atoms with Crippen LogP contribution in [0.25, 0.3) is 0 Å². The van der Waals surface area contributed by atoms with Gasteiger partial charge in [-0.15, -0.1) is 0 Å². The maximum absolute atomic E-state index is 13.3. The Morgan fingerprint density at radius 3 is 3.00 bits per heavy atom. The van der Waals surface area contributed by atoms with E-state index in [0.717, 1.165) is 0 Å². The largest absolute Gasteiger partial charge is 0.396 e. The number of amides is 1. The number of nitrogens with one attached hydrogen (secondary N) is 1. The highest BCUT2D eigenvalue weighted by molar-refractivity contribution is 14.1. The monoisotopic (exact) mass is 360 g/mol. The van der Waals surface area contributed by atoms with Crippen molar-refractivity contribution in [3.63, 3.8) is 0 Å². The maximum atomic E-state index is 13.3. The summed E-state index contributed by atoms with van der Waals surface area (Å²) in [4.78, 5) is 11.7. The number of benzene rings is 1. The zero-order valence-corrected chi connectivity index (χ0v) is 11.4. The molecule has 0 spiro atoms. The molecule has 1 amide bonds. The highest BCUT2D eigenvalue weighted by Gasteiger charge is 2.09. The molecule has 0 atom stereocenters. The average molecular weight is 360 g/mol. The van der Waals surface area contributed by atoms with Gasteiger partial charge in [0.25, 0.3) is 0 Å². The number of hydrogen-bond acceptors (Lipinski definition) is 3. The van der Waals surface area contributed by atoms with Crippen LogP contribution in [0.5, 0.6) is 0 Å². The highest BCUT2D eigenvalue weighted by atomic mass is 127. The van der Waals surface area contributed by atoms with Crippen molar-refractivity contribution < 1.29 is 9.18 Å². The van der Waals surface area contributed by atoms with E-state index in [4.69, 9.17) is 5.73 Å². The Balaban J connectivity index is 2.05. The lowest BCUT2D eigenvalue weighted by molar-refractivity contribution is -0.116. The van der Waals surface area contributed by atoms with Crippen LogP contribution in [0.2, 0.25) is 0 Å². The Morgan fingerprint density at radius 2 is 2.33 bits per heavy atom. The van der Waals surface area contributed by atoms with Crippen molar-refractivity contribution in [1.82, 2.24) is 9.78 Å². The molecule has 18 heavy (non-hydrogen) atoms. The molecule has 2 aromatic rings. The van der Waals surface area contributed by atoms with E-state index in [-0.39, 0.29) is 18.3 Å². The second-order valence-electron chi connectivity index (χ2n) is 3.62. The maximum Gasteiger partial charge on any atom is 0.246 e. The van der Waals surface area contributed by atoms with Crippen molar-refractivity contribution in [3.05, 3.63) is 40.0 Å². The molecule has 0 radical (unpaired) electrons. The summed E-state index contributed by atoms with van der Waals surface area (Å²) in [5.74, 6) is -0.654. The molecule has 1 heterocycles. The number of nitrogens with zero attached hydrogens (tertiary/aromatic N) is 2. The lowest BCUT2D eigenvalue weighted by atomic mass is 10.3. The van der Waals surface area contributed by atoms with Gasteiger partial charge in [-0.25, -0.2) is 4.39 Å². The minimum atomic E-state index is -0.364. The van der Waals surface area contributed by atoms with E-state index in [2.05, 4.69) is 10.4 Å². The van der Waals surface area contributed by atoms with Crippen LogP contribution >= 0.6 is 22.6 Å². The summed E-state index contributed by atoms with van der Waals surface area (Å²) < 4.78 is 15.1. The summed E-state index contributed by atoms with van der Waals surface area (Å²) >= 11 is 1.84. The number of nitrogens with two attached hydrogens (primary N) is 1. The van der Waals surface area contributed by atoms with Crippen molar-refractivity contribution in [2.24, 2.45) is 0 Å². The van der Waals surface area contributed by atoms with E-state index in [1.807, 2.05) is 22.6 Å². The third kappa shape index (κ3) is 2.97. The van der Waals surface area contributed by atoms with Crippen molar-refractivity contribution in [2.75, 3.05) is 11.1 Å². The number of nitrogen functional groups attached to an aromatic ring is 1. The van der Waals surface area contributed by atoms with Gasteiger partial charge in [0.2, 0.25) is 5.91 Å². The van der Waals surface area contributed by atoms with Crippen LogP contribution in [0.3, 0.4) is 0 Å². The smallest absolute Gasteiger partial charge is 0.246 e. The topological polar surface area (TPSA) is 72.9 Å². The third-order valence-electron chi connectivity index (χ3n) is 2.18. The van der Waals surface area contributed by atoms with Gasteiger partial charge in [0.15, 0.2) is 0 Å². The van der Waals surface area contributed by atoms with Crippen LogP contribution in [0.15, 0.2) is 30.6 Å². The summed E-state index contributed by atoms with van der Waals surface area (Å²) in [6.07, 6.45) is 3.01. The molecule has 0 saturated heterocycles. The zero-order chi connectivity index (χ0) is 13.1. The van der Waals surface area contributed by atoms with Gasteiger partial charge in [-0.1, -0.05) is 6.07 Å². The first kappa shape index (κ1) is 12.8. The first-order chi connectivity index (χ1) is 8.56. The normalized spacial score (nSPS) is 10.3. The molecule has 3 N–H and O–H groups in total. The fourth-order valence-corrected chi connectivity index (χ4v) is 1.90. The van der Waals surface area contributed by atoms with Gasteiger partial charge < -0.3 is 11.1 Å². The van der Waals surface area contributed by atoms with Gasteiger partial charge in [-0.05, 0) is 34.7 Å². The fourth-order valence-electron chi connectivity index (χ4n) is 1.40. The van der Waals surface area contributed by atoms with E-state index in [0.29, 0.717) is 14.9 Å². The molecule has 1 aromatic carbocycles. The molecule has 7 heteroatoms. The van der Waals surface area contributed by atoms with Gasteiger partial charge >= 0.3 is 0 Å². The van der Waals surface area contributed by atoms with E-state index in [9.17, 15) is 9.18 Å². The van der Waals surface area contributed by atoms with E-state index >= 15 is 0 Å². The van der Waals surface area contributed by atoms with Crippen LogP contribution < -0.4 is 11.1 Å². The Hall–Kier alpha value is -1.64. The molecule has 0 aliphatic rings. The molecule has 5 nitrogen and oxygen atoms in total. The molecule has 0 bridgehead atoms. The first-order valence-electron chi connectivity index (χ1n) is 5.08. The second kappa shape index (κ2) is 5.34. The van der Waals surface area contributed by atoms with Crippen LogP contribution in [0.4, 0.5) is 15.8 Å². The Kier molecular flexibility index (Phi) is 3.80. The molecule has 0 unspecified atom stereocenters. The number of carbonyl (C=O) groups is 1. The summed E-state index contributed by atoms with van der Waals surface area (Å²) in [5, 5.41) is 6.51. The van der Waals surface area contributed by atoms with Crippen LogP contribution in [-0.2, 0) is 11.3 Å². The molecule has 0 aliphatic heterocycles. The summed E-state index contributed by atoms with van der Waals surface area (Å²) in [6, 6.07) is 4.52. The molecule has 94 valence electrons. The molecular formula is C11H10FIN4O. The summed E-state index contributed by atoms with van der Waals surface area (Å²) in [6.45, 7) is 0.0315. The Labute approximate surface area is 116 Å². The standard InChI is InChI=1S/C11H10FIN4O/c12-8-2-1-3-9(11(8)13)16-10(18)6-17-5-7(14)4-15-17/h1-5H,6,14H2,(H,16,18). The number of carbonyl (C=O) groups excluding carboxylic acids is 1. The predicted octanol–water partition coefficient (Wildman–Crippen LogP) is 1.85. The third-order valence-corrected chi connectivity index (χ3v) is 3.28. The van der Waals surface area contributed by atoms with Crippen molar-refractivity contribution in [2.45, 2.75) is 6.54 Å². The summed E-state index contributed by atoms with van der Waals surface area (Å²) in [5.41, 5.74) is 6.42. The average Bonchev–Trinajstić information content (AvgIpc) is 2.70. The van der Waals surface area contributed by atoms with Gasteiger partial charge in [0.1, 0.15) is 12.4 Å². The molecule has 0 saturated carbocycles. The quantitative estimate of drug-likeness (QED) is 0.821. The number of anilines is 2. The van der Waals surface area contributed by atoms with Crippen molar-refractivity contribution in [3.8, 4) is 0 Å². The Morgan fingerprint density at radius 1 is 1.56 bits per heavy atom. The second-order valence-corrected chi connectivity index (χ2v) is 4.70. The number of hydrogen-bond donors (Lipinski definition) is 2. The van der Waals surface area contributed by atoms with E-state index in [1.165, 1.54) is 16.9 Å². The molecule has 2 rings (SSSR count). The zero-order valence-electron chi connectivity index (χ0n) is 9.23. The number of halogens is 2. The van der Waals surface area contributed by atoms with Crippen molar-refractivity contribution in [1.29, 1.82) is 0 Å². The minimum absolute atomic E-state index is 0.0315. The highest BCUT2D eigenvalue weighted by Crippen LogP contribution is 2.20. The SMILES string of the molecule is Nc1cnn(CC(=O)Nc2cccc(F)c2I)c1. The molecule has 0 fully saturated rings. The first-order valence-corrected chi connectivity index (χ1v) is 6.16.